The minimum absolute atomic E-state index is 0.0842. The molecule has 0 fully saturated rings. The van der Waals surface area contributed by atoms with Gasteiger partial charge in [0.1, 0.15) is 0 Å². The molecule has 0 atom stereocenters. The van der Waals surface area contributed by atoms with Crippen LogP contribution in [0.2, 0.25) is 0 Å². The van der Waals surface area contributed by atoms with Gasteiger partial charge in [-0.05, 0) is 25.2 Å². The summed E-state index contributed by atoms with van der Waals surface area (Å²) < 4.78 is 30.4. The lowest BCUT2D eigenvalue weighted by atomic mass is 10.2. The second-order valence-electron chi connectivity index (χ2n) is 4.53. The maximum atomic E-state index is 12.2. The lowest BCUT2D eigenvalue weighted by molar-refractivity contribution is 0.0991. The Labute approximate surface area is 126 Å². The molecule has 114 valence electrons. The molecule has 22 heavy (non-hydrogen) atoms. The summed E-state index contributed by atoms with van der Waals surface area (Å²) in [4.78, 5) is 15.2. The zero-order valence-corrected chi connectivity index (χ0v) is 12.4. The Hall–Kier alpha value is -2.58. The van der Waals surface area contributed by atoms with Gasteiger partial charge in [0.15, 0.2) is 5.76 Å². The van der Waals surface area contributed by atoms with Crippen LogP contribution in [0.5, 0.6) is 0 Å². The Bertz CT molecular complexity index is 940. The van der Waals surface area contributed by atoms with Crippen molar-refractivity contribution in [1.82, 2.24) is 9.71 Å². The molecule has 0 aliphatic carbocycles. The second kappa shape index (κ2) is 5.32. The van der Waals surface area contributed by atoms with Crippen LogP contribution in [0.15, 0.2) is 52.1 Å². The van der Waals surface area contributed by atoms with Crippen LogP contribution in [-0.4, -0.2) is 26.4 Å². The van der Waals surface area contributed by atoms with Crippen molar-refractivity contribution in [3.8, 4) is 0 Å². The highest BCUT2D eigenvalue weighted by molar-refractivity contribution is 7.89. The summed E-state index contributed by atoms with van der Waals surface area (Å²) in [7, 11) is -2.44. The lowest BCUT2D eigenvalue weighted by Crippen LogP contribution is -2.18. The van der Waals surface area contributed by atoms with E-state index in [4.69, 9.17) is 4.42 Å². The first-order valence-corrected chi connectivity index (χ1v) is 7.90. The molecule has 7 nitrogen and oxygen atoms in total. The summed E-state index contributed by atoms with van der Waals surface area (Å²) >= 11 is 0. The SMILES string of the molecule is CNS(=O)(=O)c1ccc(C(=O)Nc2c[nH]c3ccccc23)o1. The number of fused-ring (bicyclic) bond motifs is 1. The Morgan fingerprint density at radius 3 is 2.73 bits per heavy atom. The molecule has 2 aromatic heterocycles. The van der Waals surface area contributed by atoms with E-state index in [1.54, 1.807) is 6.20 Å². The van der Waals surface area contributed by atoms with Gasteiger partial charge in [-0.15, -0.1) is 0 Å². The van der Waals surface area contributed by atoms with Gasteiger partial charge >= 0.3 is 0 Å². The Kier molecular flexibility index (Phi) is 3.47. The minimum Gasteiger partial charge on any atom is -0.438 e. The van der Waals surface area contributed by atoms with Crippen LogP contribution in [0.25, 0.3) is 10.9 Å². The molecule has 1 amide bonds. The number of rotatable bonds is 4. The second-order valence-corrected chi connectivity index (χ2v) is 6.35. The molecule has 2 heterocycles. The molecule has 8 heteroatoms. The van der Waals surface area contributed by atoms with Crippen molar-refractivity contribution in [2.75, 3.05) is 12.4 Å². The molecular weight excluding hydrogens is 306 g/mol. The summed E-state index contributed by atoms with van der Waals surface area (Å²) in [6.45, 7) is 0. The Morgan fingerprint density at radius 2 is 1.95 bits per heavy atom. The van der Waals surface area contributed by atoms with E-state index in [-0.39, 0.29) is 10.9 Å². The molecule has 3 aromatic rings. The maximum Gasteiger partial charge on any atom is 0.291 e. The van der Waals surface area contributed by atoms with E-state index in [1.807, 2.05) is 24.3 Å². The van der Waals surface area contributed by atoms with Crippen LogP contribution in [0.4, 0.5) is 5.69 Å². The fraction of sp³-hybridized carbons (Fsp3) is 0.0714. The molecule has 1 aromatic carbocycles. The number of nitrogens with one attached hydrogen (secondary N) is 3. The van der Waals surface area contributed by atoms with Crippen molar-refractivity contribution < 1.29 is 17.6 Å². The van der Waals surface area contributed by atoms with Crippen molar-refractivity contribution in [2.24, 2.45) is 0 Å². The monoisotopic (exact) mass is 319 g/mol. The largest absolute Gasteiger partial charge is 0.438 e. The van der Waals surface area contributed by atoms with Gasteiger partial charge in [0.25, 0.3) is 15.9 Å². The summed E-state index contributed by atoms with van der Waals surface area (Å²) in [6, 6.07) is 10.0. The number of anilines is 1. The van der Waals surface area contributed by atoms with Gasteiger partial charge in [-0.1, -0.05) is 18.2 Å². The third-order valence-electron chi connectivity index (χ3n) is 3.18. The molecule has 0 saturated heterocycles. The van der Waals surface area contributed by atoms with Crippen LogP contribution in [0, 0.1) is 0 Å². The zero-order chi connectivity index (χ0) is 15.7. The number of hydrogen-bond acceptors (Lipinski definition) is 4. The van der Waals surface area contributed by atoms with Crippen LogP contribution in [0.3, 0.4) is 0 Å². The average Bonchev–Trinajstić information content (AvgIpc) is 3.15. The number of benzene rings is 1. The van der Waals surface area contributed by atoms with Gasteiger partial charge in [-0.2, -0.15) is 0 Å². The fourth-order valence-corrected chi connectivity index (χ4v) is 2.69. The van der Waals surface area contributed by atoms with E-state index >= 15 is 0 Å². The van der Waals surface area contributed by atoms with Crippen molar-refractivity contribution in [3.63, 3.8) is 0 Å². The highest BCUT2D eigenvalue weighted by Crippen LogP contribution is 2.23. The van der Waals surface area contributed by atoms with E-state index in [1.165, 1.54) is 19.2 Å². The number of aromatic amines is 1. The topological polar surface area (TPSA) is 104 Å². The van der Waals surface area contributed by atoms with Gasteiger partial charge in [-0.25, -0.2) is 13.1 Å². The molecule has 0 bridgehead atoms. The van der Waals surface area contributed by atoms with Gasteiger partial charge in [0.05, 0.1) is 5.69 Å². The van der Waals surface area contributed by atoms with Crippen molar-refractivity contribution in [2.45, 2.75) is 5.09 Å². The zero-order valence-electron chi connectivity index (χ0n) is 11.6. The number of sulfonamides is 1. The Balaban J connectivity index is 1.86. The number of H-pyrrole nitrogens is 1. The summed E-state index contributed by atoms with van der Waals surface area (Å²) in [5.41, 5.74) is 1.48. The summed E-state index contributed by atoms with van der Waals surface area (Å²) in [6.07, 6.45) is 1.66. The third kappa shape index (κ3) is 2.49. The van der Waals surface area contributed by atoms with E-state index in [0.29, 0.717) is 5.69 Å². The van der Waals surface area contributed by atoms with E-state index in [9.17, 15) is 13.2 Å². The number of carbonyl (C=O) groups excluding carboxylic acids is 1. The first-order chi connectivity index (χ1) is 10.5. The van der Waals surface area contributed by atoms with Gasteiger partial charge in [0, 0.05) is 17.1 Å². The number of carbonyl (C=O) groups is 1. The maximum absolute atomic E-state index is 12.2. The quantitative estimate of drug-likeness (QED) is 0.683. The number of aromatic nitrogens is 1. The number of furan rings is 1. The highest BCUT2D eigenvalue weighted by atomic mass is 32.2. The van der Waals surface area contributed by atoms with E-state index < -0.39 is 15.9 Å². The normalized spacial score (nSPS) is 11.7. The van der Waals surface area contributed by atoms with Crippen LogP contribution < -0.4 is 10.0 Å². The fourth-order valence-electron chi connectivity index (χ4n) is 2.05. The van der Waals surface area contributed by atoms with Crippen molar-refractivity contribution in [3.05, 3.63) is 48.4 Å². The van der Waals surface area contributed by atoms with Gasteiger partial charge in [-0.3, -0.25) is 4.79 Å². The lowest BCUT2D eigenvalue weighted by Gasteiger charge is -2.01. The first kappa shape index (κ1) is 14.4. The molecule has 0 aliphatic rings. The number of hydrogen-bond donors (Lipinski definition) is 3. The Morgan fingerprint density at radius 1 is 1.18 bits per heavy atom. The standard InChI is InChI=1S/C14H13N3O4S/c1-15-22(19,20)13-7-6-12(21-13)14(18)17-11-8-16-10-5-3-2-4-9(10)11/h2-8,15-16H,1H3,(H,17,18). The van der Waals surface area contributed by atoms with Crippen LogP contribution in [0.1, 0.15) is 10.6 Å². The summed E-state index contributed by atoms with van der Waals surface area (Å²) in [5, 5.41) is 3.23. The molecule has 0 saturated carbocycles. The molecule has 0 spiro atoms. The smallest absolute Gasteiger partial charge is 0.291 e. The van der Waals surface area contributed by atoms with Gasteiger partial charge < -0.3 is 14.7 Å². The first-order valence-electron chi connectivity index (χ1n) is 6.42. The molecule has 0 aliphatic heterocycles. The predicted molar refractivity (Wildman–Crippen MR) is 81.2 cm³/mol. The molecule has 3 N–H and O–H groups in total. The predicted octanol–water partition coefficient (Wildman–Crippen LogP) is 1.92. The van der Waals surface area contributed by atoms with Gasteiger partial charge in [0.2, 0.25) is 5.09 Å². The molecule has 0 unspecified atom stereocenters. The minimum atomic E-state index is -3.71. The number of amides is 1. The average molecular weight is 319 g/mol. The van der Waals surface area contributed by atoms with Crippen LogP contribution >= 0.6 is 0 Å². The van der Waals surface area contributed by atoms with Crippen molar-refractivity contribution >= 4 is 32.5 Å². The van der Waals surface area contributed by atoms with E-state index in [0.717, 1.165) is 10.9 Å². The molecular formula is C14H13N3O4S. The summed E-state index contributed by atoms with van der Waals surface area (Å²) in [5.74, 6) is -0.610. The molecule has 0 radical (unpaired) electrons. The highest BCUT2D eigenvalue weighted by Gasteiger charge is 2.20. The van der Waals surface area contributed by atoms with Crippen molar-refractivity contribution in [1.29, 1.82) is 0 Å². The molecule has 3 rings (SSSR count). The third-order valence-corrected chi connectivity index (χ3v) is 4.46. The van der Waals surface area contributed by atoms with E-state index in [2.05, 4.69) is 15.0 Å². The number of para-hydroxylation sites is 1. The van der Waals surface area contributed by atoms with Crippen LogP contribution in [-0.2, 0) is 10.0 Å².